The molecular weight excluding hydrogens is 330 g/mol. The summed E-state index contributed by atoms with van der Waals surface area (Å²) in [5, 5.41) is 8.08. The SMILES string of the molecule is O=C(CCC1CCCCC1)NCCNC(=O)CNC(=O)c1ccccc1. The highest BCUT2D eigenvalue weighted by Gasteiger charge is 2.14. The van der Waals surface area contributed by atoms with Gasteiger partial charge in [0, 0.05) is 25.1 Å². The summed E-state index contributed by atoms with van der Waals surface area (Å²) >= 11 is 0. The summed E-state index contributed by atoms with van der Waals surface area (Å²) < 4.78 is 0. The Balaban J connectivity index is 1.50. The van der Waals surface area contributed by atoms with Crippen LogP contribution in [0.15, 0.2) is 30.3 Å². The molecule has 1 aromatic rings. The first-order valence-electron chi connectivity index (χ1n) is 9.52. The van der Waals surface area contributed by atoms with Crippen LogP contribution in [0.5, 0.6) is 0 Å². The molecule has 0 spiro atoms. The summed E-state index contributed by atoms with van der Waals surface area (Å²) in [6.45, 7) is 0.681. The van der Waals surface area contributed by atoms with Crippen LogP contribution in [0.25, 0.3) is 0 Å². The Morgan fingerprint density at radius 2 is 1.50 bits per heavy atom. The molecule has 1 aromatic carbocycles. The number of benzene rings is 1. The Bertz CT molecular complexity index is 583. The Kier molecular flexibility index (Phi) is 8.66. The molecule has 0 heterocycles. The molecule has 1 fully saturated rings. The van der Waals surface area contributed by atoms with Crippen molar-refractivity contribution in [1.29, 1.82) is 0 Å². The molecular formula is C20H29N3O3. The highest BCUT2D eigenvalue weighted by Crippen LogP contribution is 2.27. The van der Waals surface area contributed by atoms with Gasteiger partial charge in [-0.1, -0.05) is 50.3 Å². The molecule has 142 valence electrons. The number of rotatable bonds is 9. The topological polar surface area (TPSA) is 87.3 Å². The fourth-order valence-electron chi connectivity index (χ4n) is 3.22. The Hall–Kier alpha value is -2.37. The standard InChI is InChI=1S/C20H29N3O3/c24-18(12-11-16-7-3-1-4-8-16)21-13-14-22-19(25)15-23-20(26)17-9-5-2-6-10-17/h2,5-6,9-10,16H,1,3-4,7-8,11-15H2,(H,21,24)(H,22,25)(H,23,26). The van der Waals surface area contributed by atoms with Gasteiger partial charge in [0.1, 0.15) is 0 Å². The third-order valence-corrected chi connectivity index (χ3v) is 4.72. The van der Waals surface area contributed by atoms with E-state index in [2.05, 4.69) is 16.0 Å². The van der Waals surface area contributed by atoms with Gasteiger partial charge in [0.2, 0.25) is 11.8 Å². The average Bonchev–Trinajstić information content (AvgIpc) is 2.69. The van der Waals surface area contributed by atoms with Gasteiger partial charge in [0.05, 0.1) is 6.54 Å². The van der Waals surface area contributed by atoms with Crippen molar-refractivity contribution in [3.05, 3.63) is 35.9 Å². The monoisotopic (exact) mass is 359 g/mol. The molecule has 0 saturated heterocycles. The van der Waals surface area contributed by atoms with Crippen LogP contribution in [0.4, 0.5) is 0 Å². The summed E-state index contributed by atoms with van der Waals surface area (Å²) in [5.41, 5.74) is 0.519. The normalized spacial score (nSPS) is 14.5. The smallest absolute Gasteiger partial charge is 0.251 e. The minimum Gasteiger partial charge on any atom is -0.354 e. The van der Waals surface area contributed by atoms with E-state index in [1.807, 2.05) is 6.07 Å². The van der Waals surface area contributed by atoms with E-state index in [1.165, 1.54) is 32.1 Å². The van der Waals surface area contributed by atoms with Gasteiger partial charge in [-0.2, -0.15) is 0 Å². The number of nitrogens with one attached hydrogen (secondary N) is 3. The molecule has 0 aromatic heterocycles. The van der Waals surface area contributed by atoms with Crippen LogP contribution >= 0.6 is 0 Å². The van der Waals surface area contributed by atoms with Crippen molar-refractivity contribution in [2.24, 2.45) is 5.92 Å². The van der Waals surface area contributed by atoms with Gasteiger partial charge in [-0.15, -0.1) is 0 Å². The van der Waals surface area contributed by atoms with Crippen LogP contribution in [-0.4, -0.2) is 37.4 Å². The maximum Gasteiger partial charge on any atom is 0.251 e. The van der Waals surface area contributed by atoms with Gasteiger partial charge in [0.15, 0.2) is 0 Å². The number of carbonyl (C=O) groups excluding carboxylic acids is 3. The molecule has 1 saturated carbocycles. The van der Waals surface area contributed by atoms with Gasteiger partial charge in [-0.25, -0.2) is 0 Å². The second-order valence-corrected chi connectivity index (χ2v) is 6.79. The molecule has 6 heteroatoms. The predicted octanol–water partition coefficient (Wildman–Crippen LogP) is 2.01. The van der Waals surface area contributed by atoms with E-state index in [9.17, 15) is 14.4 Å². The maximum atomic E-state index is 11.8. The van der Waals surface area contributed by atoms with Gasteiger partial charge in [-0.3, -0.25) is 14.4 Å². The van der Waals surface area contributed by atoms with Gasteiger partial charge >= 0.3 is 0 Å². The molecule has 26 heavy (non-hydrogen) atoms. The predicted molar refractivity (Wildman–Crippen MR) is 101 cm³/mol. The van der Waals surface area contributed by atoms with Crippen LogP contribution in [0.3, 0.4) is 0 Å². The quantitative estimate of drug-likeness (QED) is 0.590. The number of carbonyl (C=O) groups is 3. The highest BCUT2D eigenvalue weighted by molar-refractivity contribution is 5.96. The maximum absolute atomic E-state index is 11.8. The van der Waals surface area contributed by atoms with Crippen LogP contribution in [0, 0.1) is 5.92 Å². The second kappa shape index (κ2) is 11.3. The molecule has 1 aliphatic rings. The number of amides is 3. The lowest BCUT2D eigenvalue weighted by molar-refractivity contribution is -0.122. The average molecular weight is 359 g/mol. The van der Waals surface area contributed by atoms with Crippen molar-refractivity contribution >= 4 is 17.7 Å². The van der Waals surface area contributed by atoms with Gasteiger partial charge in [-0.05, 0) is 24.5 Å². The second-order valence-electron chi connectivity index (χ2n) is 6.79. The van der Waals surface area contributed by atoms with E-state index in [0.29, 0.717) is 31.0 Å². The minimum atomic E-state index is -0.281. The molecule has 0 aliphatic heterocycles. The van der Waals surface area contributed by atoms with E-state index in [-0.39, 0.29) is 24.3 Å². The minimum absolute atomic E-state index is 0.0437. The lowest BCUT2D eigenvalue weighted by Crippen LogP contribution is -2.40. The third kappa shape index (κ3) is 7.68. The molecule has 1 aliphatic carbocycles. The van der Waals surface area contributed by atoms with E-state index < -0.39 is 0 Å². The highest BCUT2D eigenvalue weighted by atomic mass is 16.2. The fourth-order valence-corrected chi connectivity index (χ4v) is 3.22. The summed E-state index contributed by atoms with van der Waals surface area (Å²) in [5.74, 6) is 0.187. The van der Waals surface area contributed by atoms with Crippen LogP contribution in [0.2, 0.25) is 0 Å². The molecule has 0 unspecified atom stereocenters. The number of hydrogen-bond acceptors (Lipinski definition) is 3. The molecule has 0 atom stereocenters. The van der Waals surface area contributed by atoms with Crippen LogP contribution in [-0.2, 0) is 9.59 Å². The zero-order chi connectivity index (χ0) is 18.6. The Labute approximate surface area is 155 Å². The van der Waals surface area contributed by atoms with Crippen LogP contribution < -0.4 is 16.0 Å². The summed E-state index contributed by atoms with van der Waals surface area (Å²) in [6, 6.07) is 8.75. The first kappa shape index (κ1) is 19.9. The van der Waals surface area contributed by atoms with Crippen molar-refractivity contribution in [2.75, 3.05) is 19.6 Å². The van der Waals surface area contributed by atoms with E-state index in [1.54, 1.807) is 24.3 Å². The van der Waals surface area contributed by atoms with Crippen LogP contribution in [0.1, 0.15) is 55.3 Å². The first-order chi connectivity index (χ1) is 12.6. The summed E-state index contributed by atoms with van der Waals surface area (Å²) in [6.07, 6.45) is 7.93. The van der Waals surface area contributed by atoms with Crippen molar-refractivity contribution in [1.82, 2.24) is 16.0 Å². The van der Waals surface area contributed by atoms with Gasteiger partial charge < -0.3 is 16.0 Å². The van der Waals surface area contributed by atoms with Gasteiger partial charge in [0.25, 0.3) is 5.91 Å². The summed E-state index contributed by atoms with van der Waals surface area (Å²) in [7, 11) is 0. The Morgan fingerprint density at radius 3 is 2.19 bits per heavy atom. The zero-order valence-corrected chi connectivity index (χ0v) is 15.3. The number of hydrogen-bond donors (Lipinski definition) is 3. The molecule has 0 bridgehead atoms. The van der Waals surface area contributed by atoms with Crippen molar-refractivity contribution < 1.29 is 14.4 Å². The molecule has 3 amide bonds. The van der Waals surface area contributed by atoms with E-state index in [0.717, 1.165) is 6.42 Å². The van der Waals surface area contributed by atoms with Crippen molar-refractivity contribution in [3.63, 3.8) is 0 Å². The lowest BCUT2D eigenvalue weighted by Gasteiger charge is -2.20. The molecule has 6 nitrogen and oxygen atoms in total. The molecule has 3 N–H and O–H groups in total. The summed E-state index contributed by atoms with van der Waals surface area (Å²) in [4.78, 5) is 35.4. The first-order valence-corrected chi connectivity index (χ1v) is 9.52. The molecule has 0 radical (unpaired) electrons. The fraction of sp³-hybridized carbons (Fsp3) is 0.550. The lowest BCUT2D eigenvalue weighted by atomic mass is 9.86. The van der Waals surface area contributed by atoms with Crippen molar-refractivity contribution in [3.8, 4) is 0 Å². The Morgan fingerprint density at radius 1 is 0.846 bits per heavy atom. The largest absolute Gasteiger partial charge is 0.354 e. The van der Waals surface area contributed by atoms with E-state index >= 15 is 0 Å². The third-order valence-electron chi connectivity index (χ3n) is 4.72. The van der Waals surface area contributed by atoms with E-state index in [4.69, 9.17) is 0 Å². The molecule has 2 rings (SSSR count). The van der Waals surface area contributed by atoms with Crippen molar-refractivity contribution in [2.45, 2.75) is 44.9 Å². The zero-order valence-electron chi connectivity index (χ0n) is 15.3.